The molecule has 0 N–H and O–H groups in total. The van der Waals surface area contributed by atoms with Crippen LogP contribution in [0.1, 0.15) is 73.3 Å². The molecule has 0 bridgehead atoms. The van der Waals surface area contributed by atoms with Gasteiger partial charge in [-0.25, -0.2) is 0 Å². The Labute approximate surface area is 401 Å². The van der Waals surface area contributed by atoms with Gasteiger partial charge in [0.25, 0.3) is 0 Å². The van der Waals surface area contributed by atoms with E-state index < -0.39 is 65.8 Å². The minimum atomic E-state index is -0.633. The first-order chi connectivity index (χ1) is 35.0. The second-order valence-electron chi connectivity index (χ2n) is 17.7. The summed E-state index contributed by atoms with van der Waals surface area (Å²) in [5, 5.41) is 4.74. The number of para-hydroxylation sites is 2. The number of ether oxygens (including phenoxy) is 1. The van der Waals surface area contributed by atoms with Gasteiger partial charge in [0.15, 0.2) is 0 Å². The molecule has 0 amide bonds. The van der Waals surface area contributed by atoms with E-state index >= 15 is 0 Å². The third-order valence-corrected chi connectivity index (χ3v) is 12.6. The molecule has 9 heteroatoms. The number of nitrogens with zero attached hydrogens (tertiary/aromatic N) is 6. The standard InChI is InChI=1S/C55H49BN6O.Pt/c1-8-56-61(52-34-40(28-30-57-52)54(2,3)4)51-36-44(26-27-45(51)48-29-31-58-62(48)56)63-43-23-17-22-42(35-43)59-37-60(50-25-16-15-24-49(50)59)53-46(38-18-11-9-12-19-38)32-41(55(5,6)7)33-47(53)39-20-13-10-14-21-39;/h9-34H,8H2,1-7H3;/q-2;/i9D,10D,11D,12D,13D,14D,18D,19D,20D,21D;. The van der Waals surface area contributed by atoms with E-state index in [-0.39, 0.29) is 40.3 Å². The second kappa shape index (κ2) is 16.2. The van der Waals surface area contributed by atoms with Gasteiger partial charge in [-0.1, -0.05) is 27.7 Å². The molecule has 0 saturated heterocycles. The fourth-order valence-electron chi connectivity index (χ4n) is 8.34. The van der Waals surface area contributed by atoms with Crippen molar-refractivity contribution in [2.24, 2.45) is 0 Å². The monoisotopic (exact) mass is 1030 g/mol. The summed E-state index contributed by atoms with van der Waals surface area (Å²) in [5.74, 6) is 1.57. The van der Waals surface area contributed by atoms with E-state index in [1.165, 1.54) is 0 Å². The number of aromatic nitrogens is 5. The SMILES string of the molecule is [2H]c1c([2H])c([2H])c(-c2cc(C(C)(C)C)cc(-c3c([2H])c([2H])c([2H])c([2H])c3[2H])c2-n2[c](=[Pt])n(-c3[c-]c(Oc4[c-]c5c(cc4)-c4ccnn4B(CC)N5c4cc(C(C)(C)C)ccn4)ccc3)c3ccccc32)c([2H])c1[2H]. The summed E-state index contributed by atoms with van der Waals surface area (Å²) in [6.45, 7) is 14.3. The van der Waals surface area contributed by atoms with E-state index in [0.29, 0.717) is 37.6 Å². The molecule has 9 aromatic rings. The molecule has 0 unspecified atom stereocenters. The Kier molecular flexibility index (Phi) is 7.96. The molecule has 7 nitrogen and oxygen atoms in total. The number of fused-ring (bicyclic) bond motifs is 4. The van der Waals surface area contributed by atoms with E-state index in [2.05, 4.69) is 70.1 Å². The van der Waals surface area contributed by atoms with E-state index in [1.807, 2.05) is 101 Å². The van der Waals surface area contributed by atoms with Crippen LogP contribution in [0.2, 0.25) is 6.32 Å². The number of imidazole rings is 1. The first kappa shape index (κ1) is 31.4. The van der Waals surface area contributed by atoms with Gasteiger partial charge in [0.05, 0.1) is 0 Å². The molecule has 0 spiro atoms. The summed E-state index contributed by atoms with van der Waals surface area (Å²) in [6.07, 6.45) is 4.37. The van der Waals surface area contributed by atoms with E-state index in [1.54, 1.807) is 24.4 Å². The van der Waals surface area contributed by atoms with Crippen LogP contribution in [0, 0.1) is 15.9 Å². The zero-order valence-corrected chi connectivity index (χ0v) is 38.7. The van der Waals surface area contributed by atoms with Crippen molar-refractivity contribution in [2.45, 2.75) is 65.6 Å². The van der Waals surface area contributed by atoms with Gasteiger partial charge in [-0.2, -0.15) is 5.10 Å². The van der Waals surface area contributed by atoms with Gasteiger partial charge in [-0.05, 0) is 17.0 Å². The molecule has 0 fully saturated rings. The van der Waals surface area contributed by atoms with Crippen molar-refractivity contribution in [3.05, 3.63) is 185 Å². The van der Waals surface area contributed by atoms with Crippen molar-refractivity contribution >= 4 is 29.5 Å². The Morgan fingerprint density at radius 3 is 1.95 bits per heavy atom. The van der Waals surface area contributed by atoms with Gasteiger partial charge >= 0.3 is 341 Å². The van der Waals surface area contributed by atoms with E-state index in [0.717, 1.165) is 34.6 Å². The summed E-state index contributed by atoms with van der Waals surface area (Å²) in [4.78, 5) is 7.04. The molecule has 0 atom stereocenters. The zero-order chi connectivity index (χ0) is 53.0. The van der Waals surface area contributed by atoms with Crippen LogP contribution in [0.25, 0.3) is 55.9 Å². The second-order valence-corrected chi connectivity index (χ2v) is 18.7. The van der Waals surface area contributed by atoms with Crippen molar-refractivity contribution in [3.63, 3.8) is 0 Å². The number of hydrogen-bond donors (Lipinski definition) is 0. The van der Waals surface area contributed by atoms with Crippen LogP contribution in [0.4, 0.5) is 11.5 Å². The Balaban J connectivity index is 1.19. The molecule has 6 aromatic carbocycles. The average molecular weight is 1030 g/mol. The molecule has 1 aliphatic rings. The molecule has 0 radical (unpaired) electrons. The van der Waals surface area contributed by atoms with Crippen LogP contribution in [0.5, 0.6) is 11.5 Å². The van der Waals surface area contributed by atoms with Crippen LogP contribution >= 0.6 is 0 Å². The fraction of sp³-hybridized carbons (Fsp3) is 0.182. The third-order valence-electron chi connectivity index (χ3n) is 11.5. The first-order valence-corrected chi connectivity index (χ1v) is 22.2. The molecule has 320 valence electrons. The molecule has 1 aliphatic heterocycles. The van der Waals surface area contributed by atoms with Gasteiger partial charge in [-0.3, -0.25) is 0 Å². The van der Waals surface area contributed by atoms with Crippen LogP contribution in [0.3, 0.4) is 0 Å². The van der Waals surface area contributed by atoms with Crippen molar-refractivity contribution in [3.8, 4) is 56.4 Å². The summed E-state index contributed by atoms with van der Waals surface area (Å²) >= 11 is 2.17. The topological polar surface area (TPSA) is 53.0 Å². The van der Waals surface area contributed by atoms with Gasteiger partial charge in [0.1, 0.15) is 0 Å². The Hall–Kier alpha value is -6.50. The zero-order valence-electron chi connectivity index (χ0n) is 46.4. The minimum absolute atomic E-state index is 0.111. The van der Waals surface area contributed by atoms with Crippen LogP contribution in [-0.2, 0) is 30.2 Å². The van der Waals surface area contributed by atoms with Gasteiger partial charge in [-0.15, -0.1) is 0 Å². The molecular weight excluding hydrogens is 967 g/mol. The van der Waals surface area contributed by atoms with Gasteiger partial charge in [0.2, 0.25) is 0 Å². The summed E-state index contributed by atoms with van der Waals surface area (Å²) in [6, 6.07) is 28.6. The van der Waals surface area contributed by atoms with Crippen molar-refractivity contribution < 1.29 is 37.8 Å². The number of benzene rings is 6. The predicted octanol–water partition coefficient (Wildman–Crippen LogP) is 13.6. The summed E-state index contributed by atoms with van der Waals surface area (Å²) in [5.41, 5.74) is 5.92. The van der Waals surface area contributed by atoms with Crippen LogP contribution < -0.4 is 9.55 Å². The number of pyridine rings is 1. The van der Waals surface area contributed by atoms with E-state index in [4.69, 9.17) is 23.0 Å². The molecule has 0 saturated carbocycles. The predicted molar refractivity (Wildman–Crippen MR) is 258 cm³/mol. The van der Waals surface area contributed by atoms with Crippen molar-refractivity contribution in [1.82, 2.24) is 23.8 Å². The number of rotatable bonds is 8. The molecular formula is C55H49BN6OPt-2. The van der Waals surface area contributed by atoms with E-state index in [9.17, 15) is 5.48 Å². The molecule has 4 heterocycles. The quantitative estimate of drug-likeness (QED) is 0.112. The van der Waals surface area contributed by atoms with Crippen LogP contribution in [-0.4, -0.2) is 30.8 Å². The third kappa shape index (κ3) is 7.38. The van der Waals surface area contributed by atoms with Crippen molar-refractivity contribution in [1.29, 1.82) is 0 Å². The normalized spacial score (nSPS) is 14.9. The first-order valence-electron chi connectivity index (χ1n) is 26.1. The molecule has 0 aliphatic carbocycles. The molecule has 10 rings (SSSR count). The number of hydrogen-bond acceptors (Lipinski definition) is 4. The summed E-state index contributed by atoms with van der Waals surface area (Å²) < 4.78 is 102. The van der Waals surface area contributed by atoms with Crippen molar-refractivity contribution in [2.75, 3.05) is 4.81 Å². The number of anilines is 2. The van der Waals surface area contributed by atoms with Crippen LogP contribution in [0.15, 0.2) is 158 Å². The van der Waals surface area contributed by atoms with Gasteiger partial charge < -0.3 is 0 Å². The maximum atomic E-state index is 9.29. The Morgan fingerprint density at radius 1 is 0.672 bits per heavy atom. The summed E-state index contributed by atoms with van der Waals surface area (Å²) in [7, 11) is 0. The molecule has 64 heavy (non-hydrogen) atoms. The Bertz CT molecular complexity index is 3710. The average Bonchev–Trinajstić information content (AvgIpc) is 4.00. The fourth-order valence-corrected chi connectivity index (χ4v) is 9.42. The van der Waals surface area contributed by atoms with Gasteiger partial charge in [0, 0.05) is 12.4 Å². The Morgan fingerprint density at radius 2 is 1.31 bits per heavy atom. The molecule has 3 aromatic heterocycles. The maximum absolute atomic E-state index is 9.29.